The summed E-state index contributed by atoms with van der Waals surface area (Å²) in [5.41, 5.74) is 7.54. The molecule has 0 saturated heterocycles. The minimum Gasteiger partial charge on any atom is -0.485 e. The van der Waals surface area contributed by atoms with Crippen molar-refractivity contribution in [1.29, 1.82) is 0 Å². The number of ether oxygens (including phenoxy) is 1. The highest BCUT2D eigenvalue weighted by molar-refractivity contribution is 9.10. The first kappa shape index (κ1) is 13.9. The van der Waals surface area contributed by atoms with Crippen LogP contribution in [0.15, 0.2) is 40.9 Å². The average molecular weight is 357 g/mol. The van der Waals surface area contributed by atoms with Crippen LogP contribution in [0.3, 0.4) is 0 Å². The Balaban J connectivity index is 1.97. The Morgan fingerprint density at radius 1 is 1.20 bits per heavy atom. The lowest BCUT2D eigenvalue weighted by molar-refractivity contribution is 0.157. The van der Waals surface area contributed by atoms with Crippen molar-refractivity contribution in [3.63, 3.8) is 0 Å². The Morgan fingerprint density at radius 2 is 2.00 bits per heavy atom. The van der Waals surface area contributed by atoms with Crippen LogP contribution in [0.4, 0.5) is 4.39 Å². The van der Waals surface area contributed by atoms with Crippen LogP contribution in [0, 0.1) is 5.82 Å². The third kappa shape index (κ3) is 2.55. The molecule has 0 radical (unpaired) electrons. The van der Waals surface area contributed by atoms with E-state index in [9.17, 15) is 4.39 Å². The molecule has 20 heavy (non-hydrogen) atoms. The lowest BCUT2D eigenvalue weighted by atomic mass is 9.93. The molecule has 0 aliphatic carbocycles. The average Bonchev–Trinajstić information content (AvgIpc) is 2.39. The molecular formula is C15H12BrClFNO. The van der Waals surface area contributed by atoms with Crippen LogP contribution in [-0.4, -0.2) is 0 Å². The van der Waals surface area contributed by atoms with Crippen LogP contribution < -0.4 is 10.5 Å². The van der Waals surface area contributed by atoms with Crippen molar-refractivity contribution in [2.24, 2.45) is 5.73 Å². The van der Waals surface area contributed by atoms with Gasteiger partial charge >= 0.3 is 0 Å². The highest BCUT2D eigenvalue weighted by Crippen LogP contribution is 2.41. The van der Waals surface area contributed by atoms with Gasteiger partial charge in [0, 0.05) is 33.1 Å². The van der Waals surface area contributed by atoms with Gasteiger partial charge in [-0.15, -0.1) is 0 Å². The van der Waals surface area contributed by atoms with Crippen LogP contribution in [0.2, 0.25) is 5.02 Å². The summed E-state index contributed by atoms with van der Waals surface area (Å²) in [6.45, 7) is 0. The molecular weight excluding hydrogens is 345 g/mol. The quantitative estimate of drug-likeness (QED) is 0.799. The topological polar surface area (TPSA) is 35.2 Å². The lowest BCUT2D eigenvalue weighted by Gasteiger charge is -2.30. The number of fused-ring (bicyclic) bond motifs is 1. The first-order chi connectivity index (χ1) is 9.54. The normalized spacial score (nSPS) is 21.2. The maximum atomic E-state index is 14.0. The Bertz CT molecular complexity index is 664. The van der Waals surface area contributed by atoms with E-state index in [0.717, 1.165) is 5.56 Å². The van der Waals surface area contributed by atoms with Crippen molar-refractivity contribution < 1.29 is 9.13 Å². The highest BCUT2D eigenvalue weighted by Gasteiger charge is 2.29. The fourth-order valence-electron chi connectivity index (χ4n) is 2.43. The smallest absolute Gasteiger partial charge is 0.131 e. The molecule has 0 amide bonds. The van der Waals surface area contributed by atoms with Gasteiger partial charge in [-0.05, 0) is 30.3 Å². The van der Waals surface area contributed by atoms with Crippen molar-refractivity contribution >= 4 is 27.5 Å². The summed E-state index contributed by atoms with van der Waals surface area (Å²) in [5.74, 6) is 0.370. The van der Waals surface area contributed by atoms with Crippen LogP contribution in [0.25, 0.3) is 0 Å². The summed E-state index contributed by atoms with van der Waals surface area (Å²) in [6.07, 6.45) is 0.137. The van der Waals surface area contributed by atoms with Gasteiger partial charge in [-0.2, -0.15) is 0 Å². The Kier molecular flexibility index (Phi) is 3.71. The van der Waals surface area contributed by atoms with E-state index >= 15 is 0 Å². The van der Waals surface area contributed by atoms with E-state index in [1.807, 2.05) is 0 Å². The Morgan fingerprint density at radius 3 is 2.75 bits per heavy atom. The molecule has 0 fully saturated rings. The van der Waals surface area contributed by atoms with Crippen LogP contribution in [0.1, 0.15) is 29.7 Å². The number of halogens is 3. The van der Waals surface area contributed by atoms with Crippen molar-refractivity contribution in [3.8, 4) is 5.75 Å². The number of hydrogen-bond donors (Lipinski definition) is 1. The molecule has 104 valence electrons. The summed E-state index contributed by atoms with van der Waals surface area (Å²) in [7, 11) is 0. The summed E-state index contributed by atoms with van der Waals surface area (Å²) >= 11 is 9.21. The molecule has 0 bridgehead atoms. The third-order valence-corrected chi connectivity index (χ3v) is 4.15. The minimum absolute atomic E-state index is 0.217. The van der Waals surface area contributed by atoms with Crippen molar-refractivity contribution in [1.82, 2.24) is 0 Å². The molecule has 0 saturated carbocycles. The molecule has 1 heterocycles. The first-order valence-corrected chi connectivity index (χ1v) is 7.38. The maximum absolute atomic E-state index is 14.0. The van der Waals surface area contributed by atoms with E-state index in [1.54, 1.807) is 30.3 Å². The summed E-state index contributed by atoms with van der Waals surface area (Å²) in [5, 5.41) is 0.621. The third-order valence-electron chi connectivity index (χ3n) is 3.42. The van der Waals surface area contributed by atoms with Gasteiger partial charge in [0.25, 0.3) is 0 Å². The SMILES string of the molecule is N[C@@H]1CC(c2ccc(Br)cc2F)Oc2ccc(Cl)cc21. The molecule has 5 heteroatoms. The summed E-state index contributed by atoms with van der Waals surface area (Å²) in [4.78, 5) is 0. The lowest BCUT2D eigenvalue weighted by Crippen LogP contribution is -2.24. The van der Waals surface area contributed by atoms with E-state index in [0.29, 0.717) is 27.2 Å². The van der Waals surface area contributed by atoms with Gasteiger partial charge in [-0.25, -0.2) is 4.39 Å². The van der Waals surface area contributed by atoms with Gasteiger partial charge in [0.1, 0.15) is 17.7 Å². The molecule has 0 aromatic heterocycles. The van der Waals surface area contributed by atoms with E-state index in [2.05, 4.69) is 15.9 Å². The summed E-state index contributed by atoms with van der Waals surface area (Å²) < 4.78 is 20.6. The minimum atomic E-state index is -0.383. The number of hydrogen-bond acceptors (Lipinski definition) is 2. The van der Waals surface area contributed by atoms with E-state index in [4.69, 9.17) is 22.1 Å². The molecule has 2 nitrogen and oxygen atoms in total. The fraction of sp³-hybridized carbons (Fsp3) is 0.200. The molecule has 2 N–H and O–H groups in total. The van der Waals surface area contributed by atoms with Gasteiger partial charge in [0.15, 0.2) is 0 Å². The van der Waals surface area contributed by atoms with Gasteiger partial charge in [0.05, 0.1) is 0 Å². The largest absolute Gasteiger partial charge is 0.485 e. The fourth-order valence-corrected chi connectivity index (χ4v) is 2.94. The number of rotatable bonds is 1. The predicted molar refractivity (Wildman–Crippen MR) is 80.5 cm³/mol. The zero-order valence-corrected chi connectivity index (χ0v) is 12.8. The van der Waals surface area contributed by atoms with Crippen LogP contribution in [-0.2, 0) is 0 Å². The summed E-state index contributed by atoms with van der Waals surface area (Å²) in [6, 6.07) is 10.1. The van der Waals surface area contributed by atoms with Crippen molar-refractivity contribution in [2.45, 2.75) is 18.6 Å². The molecule has 0 spiro atoms. The molecule has 1 unspecified atom stereocenters. The standard InChI is InChI=1S/C15H12BrClFNO/c16-8-1-3-10(12(18)5-8)15-7-13(19)11-6-9(17)2-4-14(11)20-15/h1-6,13,15H,7,19H2/t13-,15?/m1/s1. The van der Waals surface area contributed by atoms with Crippen LogP contribution >= 0.6 is 27.5 Å². The molecule has 1 aliphatic rings. The zero-order chi connectivity index (χ0) is 14.3. The maximum Gasteiger partial charge on any atom is 0.131 e. The van der Waals surface area contributed by atoms with Gasteiger partial charge in [0.2, 0.25) is 0 Å². The van der Waals surface area contributed by atoms with Gasteiger partial charge < -0.3 is 10.5 Å². The second kappa shape index (κ2) is 5.35. The molecule has 2 atom stereocenters. The van der Waals surface area contributed by atoms with Crippen molar-refractivity contribution in [2.75, 3.05) is 0 Å². The molecule has 3 rings (SSSR count). The number of nitrogens with two attached hydrogens (primary N) is 1. The van der Waals surface area contributed by atoms with Crippen LogP contribution in [0.5, 0.6) is 5.75 Å². The monoisotopic (exact) mass is 355 g/mol. The Hall–Kier alpha value is -1.10. The van der Waals surface area contributed by atoms with Crippen molar-refractivity contribution in [3.05, 3.63) is 62.8 Å². The second-order valence-electron chi connectivity index (χ2n) is 4.80. The second-order valence-corrected chi connectivity index (χ2v) is 6.15. The van der Waals surface area contributed by atoms with E-state index in [-0.39, 0.29) is 18.0 Å². The molecule has 2 aromatic rings. The number of benzene rings is 2. The van der Waals surface area contributed by atoms with Gasteiger partial charge in [-0.3, -0.25) is 0 Å². The highest BCUT2D eigenvalue weighted by atomic mass is 79.9. The predicted octanol–water partition coefficient (Wildman–Crippen LogP) is 4.77. The molecule has 1 aliphatic heterocycles. The molecule has 2 aromatic carbocycles. The van der Waals surface area contributed by atoms with E-state index < -0.39 is 0 Å². The zero-order valence-electron chi connectivity index (χ0n) is 10.4. The van der Waals surface area contributed by atoms with Gasteiger partial charge in [-0.1, -0.05) is 33.6 Å². The van der Waals surface area contributed by atoms with E-state index in [1.165, 1.54) is 6.07 Å². The first-order valence-electron chi connectivity index (χ1n) is 6.21. The Labute approximate surface area is 129 Å².